The fourth-order valence-electron chi connectivity index (χ4n) is 1.29. The van der Waals surface area contributed by atoms with Gasteiger partial charge in [0.25, 0.3) is 0 Å². The molecule has 0 fully saturated rings. The first kappa shape index (κ1) is 13.9. The maximum Gasteiger partial charge on any atom is 0.185 e. The van der Waals surface area contributed by atoms with Gasteiger partial charge in [-0.2, -0.15) is 0 Å². The Morgan fingerprint density at radius 1 is 1.35 bits per heavy atom. The fourth-order valence-corrected chi connectivity index (χ4v) is 1.88. The van der Waals surface area contributed by atoms with Crippen LogP contribution in [-0.2, 0) is 4.79 Å². The summed E-state index contributed by atoms with van der Waals surface area (Å²) in [6.07, 6.45) is -1.36. The van der Waals surface area contributed by atoms with Crippen molar-refractivity contribution in [1.82, 2.24) is 0 Å². The lowest BCUT2D eigenvalue weighted by atomic mass is 10.0. The molecule has 0 amide bonds. The molecule has 0 aliphatic heterocycles. The van der Waals surface area contributed by atoms with Gasteiger partial charge in [0.05, 0.1) is 6.10 Å². The number of hydrogen-bond donors (Lipinski definition) is 2. The SMILES string of the molecule is CC(=O)SCC(O)C(O)c1ccc(C=O)cc1. The van der Waals surface area contributed by atoms with E-state index in [9.17, 15) is 19.8 Å². The Kier molecular flexibility index (Phi) is 5.34. The summed E-state index contributed by atoms with van der Waals surface area (Å²) in [5.74, 6) is 0.145. The second kappa shape index (κ2) is 6.54. The summed E-state index contributed by atoms with van der Waals surface area (Å²) in [5, 5.41) is 19.4. The minimum atomic E-state index is -1.05. The summed E-state index contributed by atoms with van der Waals surface area (Å²) in [4.78, 5) is 21.2. The molecule has 0 radical (unpaired) electrons. The summed E-state index contributed by atoms with van der Waals surface area (Å²) in [5.41, 5.74) is 1.03. The van der Waals surface area contributed by atoms with E-state index in [1.165, 1.54) is 6.92 Å². The zero-order chi connectivity index (χ0) is 12.8. The molecule has 0 saturated heterocycles. The van der Waals surface area contributed by atoms with Gasteiger partial charge in [-0.15, -0.1) is 0 Å². The molecule has 5 heteroatoms. The van der Waals surface area contributed by atoms with Crippen LogP contribution in [0.2, 0.25) is 0 Å². The van der Waals surface area contributed by atoms with Gasteiger partial charge in [0, 0.05) is 18.2 Å². The molecule has 92 valence electrons. The first-order valence-corrected chi connectivity index (χ1v) is 6.07. The van der Waals surface area contributed by atoms with Crippen molar-refractivity contribution in [3.8, 4) is 0 Å². The van der Waals surface area contributed by atoms with Crippen LogP contribution in [0.15, 0.2) is 24.3 Å². The van der Waals surface area contributed by atoms with Crippen LogP contribution in [0, 0.1) is 0 Å². The second-order valence-corrected chi connectivity index (χ2v) is 4.80. The maximum absolute atomic E-state index is 10.7. The smallest absolute Gasteiger partial charge is 0.185 e. The normalized spacial score (nSPS) is 14.1. The molecule has 0 spiro atoms. The van der Waals surface area contributed by atoms with Crippen molar-refractivity contribution in [2.45, 2.75) is 19.1 Å². The van der Waals surface area contributed by atoms with E-state index >= 15 is 0 Å². The monoisotopic (exact) mass is 254 g/mol. The number of aldehydes is 1. The molecule has 0 aromatic heterocycles. The van der Waals surface area contributed by atoms with E-state index in [2.05, 4.69) is 0 Å². The zero-order valence-electron chi connectivity index (χ0n) is 9.37. The third kappa shape index (κ3) is 4.30. The number of rotatable bonds is 5. The van der Waals surface area contributed by atoms with E-state index in [-0.39, 0.29) is 10.9 Å². The van der Waals surface area contributed by atoms with Crippen LogP contribution in [0.5, 0.6) is 0 Å². The largest absolute Gasteiger partial charge is 0.389 e. The Hall–Kier alpha value is -1.17. The number of carbonyl (C=O) groups excluding carboxylic acids is 2. The van der Waals surface area contributed by atoms with Gasteiger partial charge in [-0.05, 0) is 5.56 Å². The van der Waals surface area contributed by atoms with E-state index in [1.807, 2.05) is 0 Å². The molecule has 0 bridgehead atoms. The van der Waals surface area contributed by atoms with E-state index < -0.39 is 12.2 Å². The standard InChI is InChI=1S/C12H14O4S/c1-8(14)17-7-11(15)12(16)10-4-2-9(6-13)3-5-10/h2-6,11-12,15-16H,7H2,1H3. The lowest BCUT2D eigenvalue weighted by Crippen LogP contribution is -2.21. The highest BCUT2D eigenvalue weighted by atomic mass is 32.2. The third-order valence-electron chi connectivity index (χ3n) is 2.24. The molecule has 2 N–H and O–H groups in total. The van der Waals surface area contributed by atoms with Crippen LogP contribution in [0.4, 0.5) is 0 Å². The van der Waals surface area contributed by atoms with Crippen molar-refractivity contribution in [2.75, 3.05) is 5.75 Å². The number of aliphatic hydroxyl groups excluding tert-OH is 2. The van der Waals surface area contributed by atoms with Crippen LogP contribution < -0.4 is 0 Å². The summed E-state index contributed by atoms with van der Waals surface area (Å²) in [6, 6.07) is 6.29. The first-order valence-electron chi connectivity index (χ1n) is 5.09. The Morgan fingerprint density at radius 3 is 2.41 bits per heavy atom. The van der Waals surface area contributed by atoms with Crippen molar-refractivity contribution in [2.24, 2.45) is 0 Å². The Balaban J connectivity index is 2.63. The third-order valence-corrected chi connectivity index (χ3v) is 3.15. The molecular weight excluding hydrogens is 240 g/mol. The highest BCUT2D eigenvalue weighted by Crippen LogP contribution is 2.20. The summed E-state index contributed by atoms with van der Waals surface area (Å²) in [7, 11) is 0. The molecule has 1 aromatic carbocycles. The quantitative estimate of drug-likeness (QED) is 0.772. The van der Waals surface area contributed by atoms with E-state index in [0.29, 0.717) is 17.4 Å². The highest BCUT2D eigenvalue weighted by Gasteiger charge is 2.18. The lowest BCUT2D eigenvalue weighted by molar-refractivity contribution is -0.109. The molecule has 4 nitrogen and oxygen atoms in total. The fraction of sp³-hybridized carbons (Fsp3) is 0.333. The van der Waals surface area contributed by atoms with Crippen LogP contribution in [-0.4, -0.2) is 33.5 Å². The van der Waals surface area contributed by atoms with Gasteiger partial charge < -0.3 is 10.2 Å². The van der Waals surface area contributed by atoms with Crippen LogP contribution in [0.3, 0.4) is 0 Å². The highest BCUT2D eigenvalue weighted by molar-refractivity contribution is 8.13. The van der Waals surface area contributed by atoms with Gasteiger partial charge in [-0.25, -0.2) is 0 Å². The van der Waals surface area contributed by atoms with Crippen molar-refractivity contribution >= 4 is 23.2 Å². The summed E-state index contributed by atoms with van der Waals surface area (Å²) in [6.45, 7) is 1.41. The Labute approximate surface area is 104 Å². The topological polar surface area (TPSA) is 74.6 Å². The van der Waals surface area contributed by atoms with Gasteiger partial charge in [-0.1, -0.05) is 36.0 Å². The summed E-state index contributed by atoms with van der Waals surface area (Å²) >= 11 is 0.965. The predicted octanol–water partition coefficient (Wildman–Crippen LogP) is 1.17. The van der Waals surface area contributed by atoms with Crippen molar-refractivity contribution in [3.05, 3.63) is 35.4 Å². The average molecular weight is 254 g/mol. The van der Waals surface area contributed by atoms with Gasteiger partial charge in [0.1, 0.15) is 12.4 Å². The van der Waals surface area contributed by atoms with Gasteiger partial charge >= 0.3 is 0 Å². The molecule has 0 saturated carbocycles. The molecule has 17 heavy (non-hydrogen) atoms. The average Bonchev–Trinajstić information content (AvgIpc) is 2.35. The van der Waals surface area contributed by atoms with Gasteiger partial charge in [0.15, 0.2) is 5.12 Å². The number of hydrogen-bond acceptors (Lipinski definition) is 5. The molecule has 0 heterocycles. The van der Waals surface area contributed by atoms with Crippen molar-refractivity contribution in [1.29, 1.82) is 0 Å². The van der Waals surface area contributed by atoms with Crippen LogP contribution >= 0.6 is 11.8 Å². The summed E-state index contributed by atoms with van der Waals surface area (Å²) < 4.78 is 0. The van der Waals surface area contributed by atoms with Gasteiger partial charge in [-0.3, -0.25) is 9.59 Å². The minimum Gasteiger partial charge on any atom is -0.389 e. The molecule has 2 atom stereocenters. The second-order valence-electron chi connectivity index (χ2n) is 3.60. The van der Waals surface area contributed by atoms with Crippen LogP contribution in [0.25, 0.3) is 0 Å². The lowest BCUT2D eigenvalue weighted by Gasteiger charge is -2.17. The molecule has 0 aliphatic rings. The predicted molar refractivity (Wildman–Crippen MR) is 65.9 cm³/mol. The number of aliphatic hydroxyl groups is 2. The zero-order valence-corrected chi connectivity index (χ0v) is 10.2. The minimum absolute atomic E-state index is 0.104. The molecule has 1 rings (SSSR count). The van der Waals surface area contributed by atoms with Gasteiger partial charge in [0.2, 0.25) is 0 Å². The Bertz CT molecular complexity index is 388. The molecule has 0 aliphatic carbocycles. The first-order chi connectivity index (χ1) is 8.04. The number of carbonyl (C=O) groups is 2. The van der Waals surface area contributed by atoms with E-state index in [1.54, 1.807) is 24.3 Å². The van der Waals surface area contributed by atoms with E-state index in [0.717, 1.165) is 11.8 Å². The number of thioether (sulfide) groups is 1. The van der Waals surface area contributed by atoms with Crippen molar-refractivity contribution in [3.63, 3.8) is 0 Å². The molecule has 2 unspecified atom stereocenters. The Morgan fingerprint density at radius 2 is 1.94 bits per heavy atom. The van der Waals surface area contributed by atoms with E-state index in [4.69, 9.17) is 0 Å². The number of benzene rings is 1. The maximum atomic E-state index is 10.7. The van der Waals surface area contributed by atoms with Crippen LogP contribution in [0.1, 0.15) is 28.9 Å². The molecule has 1 aromatic rings. The van der Waals surface area contributed by atoms with Crippen molar-refractivity contribution < 1.29 is 19.8 Å². The molecular formula is C12H14O4S.